The Morgan fingerprint density at radius 2 is 2.13 bits per heavy atom. The van der Waals surface area contributed by atoms with E-state index in [2.05, 4.69) is 11.1 Å². The fourth-order valence-corrected chi connectivity index (χ4v) is 3.31. The van der Waals surface area contributed by atoms with Crippen LogP contribution >= 0.6 is 0 Å². The van der Waals surface area contributed by atoms with E-state index in [1.165, 1.54) is 4.90 Å². The van der Waals surface area contributed by atoms with Crippen molar-refractivity contribution in [3.63, 3.8) is 0 Å². The second-order valence-electron chi connectivity index (χ2n) is 5.59. The van der Waals surface area contributed by atoms with Gasteiger partial charge in [0.1, 0.15) is 12.1 Å². The summed E-state index contributed by atoms with van der Waals surface area (Å²) >= 11 is 0. The number of urea groups is 1. The van der Waals surface area contributed by atoms with Gasteiger partial charge in [-0.25, -0.2) is 9.69 Å². The molecule has 3 amide bonds. The van der Waals surface area contributed by atoms with E-state index in [1.807, 2.05) is 0 Å². The van der Waals surface area contributed by atoms with Crippen LogP contribution in [-0.4, -0.2) is 45.6 Å². The number of pyridine rings is 1. The number of benzene rings is 1. The van der Waals surface area contributed by atoms with E-state index in [-0.39, 0.29) is 0 Å². The minimum Gasteiger partial charge on any atom is -0.390 e. The molecule has 2 aliphatic rings. The molecule has 1 aromatic heterocycles. The topological polar surface area (TPSA) is 97.5 Å². The van der Waals surface area contributed by atoms with Crippen molar-refractivity contribution in [2.75, 3.05) is 11.4 Å². The minimum absolute atomic E-state index is 0.360. The molecule has 4 rings (SSSR count). The first-order valence-electron chi connectivity index (χ1n) is 7.24. The van der Waals surface area contributed by atoms with E-state index < -0.39 is 24.1 Å². The smallest absolute Gasteiger partial charge is 0.332 e. The van der Waals surface area contributed by atoms with Gasteiger partial charge in [-0.2, -0.15) is 5.26 Å². The number of rotatable bonds is 1. The molecule has 7 heteroatoms. The molecular formula is C16H12N4O3. The van der Waals surface area contributed by atoms with Crippen molar-refractivity contribution in [1.82, 2.24) is 9.88 Å². The maximum Gasteiger partial charge on any atom is 0.332 e. The van der Waals surface area contributed by atoms with Gasteiger partial charge in [0, 0.05) is 18.1 Å². The van der Waals surface area contributed by atoms with Gasteiger partial charge in [0.05, 0.1) is 22.9 Å². The lowest BCUT2D eigenvalue weighted by Crippen LogP contribution is -2.36. The Bertz CT molecular complexity index is 889. The Morgan fingerprint density at radius 1 is 1.30 bits per heavy atom. The van der Waals surface area contributed by atoms with Crippen molar-refractivity contribution < 1.29 is 14.7 Å². The first-order valence-corrected chi connectivity index (χ1v) is 7.24. The molecule has 0 spiro atoms. The van der Waals surface area contributed by atoms with Gasteiger partial charge in [0.15, 0.2) is 0 Å². The highest BCUT2D eigenvalue weighted by molar-refractivity contribution is 6.24. The Hall–Kier alpha value is -2.98. The van der Waals surface area contributed by atoms with Crippen LogP contribution in [0, 0.1) is 11.3 Å². The molecule has 1 N–H and O–H groups in total. The predicted molar refractivity (Wildman–Crippen MR) is 80.5 cm³/mol. The zero-order valence-corrected chi connectivity index (χ0v) is 12.0. The molecule has 3 heterocycles. The van der Waals surface area contributed by atoms with Gasteiger partial charge in [0.25, 0.3) is 5.91 Å². The summed E-state index contributed by atoms with van der Waals surface area (Å²) in [6.07, 6.45) is 1.13. The van der Waals surface area contributed by atoms with Gasteiger partial charge in [0.2, 0.25) is 0 Å². The highest BCUT2D eigenvalue weighted by atomic mass is 16.3. The molecule has 114 valence electrons. The lowest BCUT2D eigenvalue weighted by Gasteiger charge is -2.17. The lowest BCUT2D eigenvalue weighted by molar-refractivity contribution is -0.121. The second kappa shape index (κ2) is 4.76. The Labute approximate surface area is 131 Å². The average Bonchev–Trinajstić information content (AvgIpc) is 3.07. The molecule has 2 atom stereocenters. The molecule has 2 saturated heterocycles. The fourth-order valence-electron chi connectivity index (χ4n) is 3.31. The van der Waals surface area contributed by atoms with Crippen molar-refractivity contribution in [2.45, 2.75) is 18.6 Å². The zero-order valence-electron chi connectivity index (χ0n) is 12.0. The van der Waals surface area contributed by atoms with Crippen LogP contribution in [-0.2, 0) is 4.79 Å². The van der Waals surface area contributed by atoms with Crippen molar-refractivity contribution in [3.8, 4) is 6.07 Å². The number of hydrogen-bond donors (Lipinski definition) is 1. The molecular weight excluding hydrogens is 296 g/mol. The number of amides is 3. The van der Waals surface area contributed by atoms with Gasteiger partial charge in [-0.1, -0.05) is 0 Å². The molecule has 0 aliphatic carbocycles. The molecule has 23 heavy (non-hydrogen) atoms. The molecule has 2 aliphatic heterocycles. The molecule has 7 nitrogen and oxygen atoms in total. The van der Waals surface area contributed by atoms with E-state index in [9.17, 15) is 20.0 Å². The number of fused-ring (bicyclic) bond motifs is 2. The SMILES string of the molecule is N#Cc1ccc(N2C(=O)[C@@H]3C(O)CCN3C2=O)c2cccnc12. The highest BCUT2D eigenvalue weighted by Gasteiger charge is 2.52. The maximum atomic E-state index is 12.6. The third-order valence-corrected chi connectivity index (χ3v) is 4.38. The average molecular weight is 308 g/mol. The summed E-state index contributed by atoms with van der Waals surface area (Å²) in [5.74, 6) is -0.435. The second-order valence-corrected chi connectivity index (χ2v) is 5.59. The maximum absolute atomic E-state index is 12.6. The fraction of sp³-hybridized carbons (Fsp3) is 0.250. The summed E-state index contributed by atoms with van der Waals surface area (Å²) in [7, 11) is 0. The Morgan fingerprint density at radius 3 is 2.87 bits per heavy atom. The van der Waals surface area contributed by atoms with Crippen LogP contribution < -0.4 is 4.90 Å². The minimum atomic E-state index is -0.834. The summed E-state index contributed by atoms with van der Waals surface area (Å²) in [6.45, 7) is 0.360. The quantitative estimate of drug-likeness (QED) is 0.793. The number of anilines is 1. The Balaban J connectivity index is 1.89. The van der Waals surface area contributed by atoms with Crippen LogP contribution in [0.3, 0.4) is 0 Å². The van der Waals surface area contributed by atoms with Crippen LogP contribution in [0.15, 0.2) is 30.5 Å². The van der Waals surface area contributed by atoms with Crippen LogP contribution in [0.4, 0.5) is 10.5 Å². The molecule has 2 aromatic rings. The normalized spacial score (nSPS) is 23.5. The van der Waals surface area contributed by atoms with Gasteiger partial charge in [-0.15, -0.1) is 0 Å². The number of nitrogens with zero attached hydrogens (tertiary/aromatic N) is 4. The molecule has 1 unspecified atom stereocenters. The van der Waals surface area contributed by atoms with Gasteiger partial charge >= 0.3 is 6.03 Å². The first kappa shape index (κ1) is 13.7. The number of aliphatic hydroxyl groups is 1. The number of carbonyl (C=O) groups is 2. The predicted octanol–water partition coefficient (Wildman–Crippen LogP) is 1.01. The lowest BCUT2D eigenvalue weighted by atomic mass is 10.1. The highest BCUT2D eigenvalue weighted by Crippen LogP contribution is 2.35. The van der Waals surface area contributed by atoms with Crippen molar-refractivity contribution in [3.05, 3.63) is 36.0 Å². The molecule has 0 bridgehead atoms. The number of aliphatic hydroxyl groups excluding tert-OH is 1. The number of nitriles is 1. The Kier molecular flexibility index (Phi) is 2.83. The third kappa shape index (κ3) is 1.76. The molecule has 1 aromatic carbocycles. The van der Waals surface area contributed by atoms with E-state index in [0.29, 0.717) is 35.1 Å². The van der Waals surface area contributed by atoms with Crippen molar-refractivity contribution >= 4 is 28.5 Å². The molecule has 0 saturated carbocycles. The van der Waals surface area contributed by atoms with Crippen LogP contribution in [0.2, 0.25) is 0 Å². The van der Waals surface area contributed by atoms with Gasteiger partial charge in [-0.3, -0.25) is 9.78 Å². The largest absolute Gasteiger partial charge is 0.390 e. The van der Waals surface area contributed by atoms with E-state index in [0.717, 1.165) is 4.90 Å². The molecule has 2 fully saturated rings. The van der Waals surface area contributed by atoms with E-state index in [4.69, 9.17) is 0 Å². The van der Waals surface area contributed by atoms with Crippen molar-refractivity contribution in [1.29, 1.82) is 5.26 Å². The van der Waals surface area contributed by atoms with Crippen molar-refractivity contribution in [2.24, 2.45) is 0 Å². The summed E-state index contributed by atoms with van der Waals surface area (Å²) < 4.78 is 0. The summed E-state index contributed by atoms with van der Waals surface area (Å²) in [4.78, 5) is 31.9. The number of imide groups is 1. The van der Waals surface area contributed by atoms with E-state index >= 15 is 0 Å². The van der Waals surface area contributed by atoms with E-state index in [1.54, 1.807) is 30.5 Å². The summed E-state index contributed by atoms with van der Waals surface area (Å²) in [5, 5.41) is 19.7. The summed E-state index contributed by atoms with van der Waals surface area (Å²) in [5.41, 5.74) is 1.22. The third-order valence-electron chi connectivity index (χ3n) is 4.38. The standard InChI is InChI=1S/C16H12N4O3/c17-8-9-3-4-11(10-2-1-6-18-13(9)10)20-15(22)14-12(21)5-7-19(14)16(20)23/h1-4,6,12,14,21H,5,7H2/t12?,14-/m0/s1. The zero-order chi connectivity index (χ0) is 16.1. The first-order chi connectivity index (χ1) is 11.1. The number of carbonyl (C=O) groups excluding carboxylic acids is 2. The van der Waals surface area contributed by atoms with Crippen LogP contribution in [0.1, 0.15) is 12.0 Å². The van der Waals surface area contributed by atoms with Gasteiger partial charge < -0.3 is 10.0 Å². The molecule has 0 radical (unpaired) electrons. The number of aromatic nitrogens is 1. The van der Waals surface area contributed by atoms with Gasteiger partial charge in [-0.05, 0) is 30.7 Å². The van der Waals surface area contributed by atoms with Crippen LogP contribution in [0.25, 0.3) is 10.9 Å². The summed E-state index contributed by atoms with van der Waals surface area (Å²) in [6, 6.07) is 7.34. The van der Waals surface area contributed by atoms with Crippen LogP contribution in [0.5, 0.6) is 0 Å². The number of hydrogen-bond acceptors (Lipinski definition) is 5. The monoisotopic (exact) mass is 308 g/mol.